The van der Waals surface area contributed by atoms with E-state index in [1.54, 1.807) is 6.07 Å². The number of pyridine rings is 1. The van der Waals surface area contributed by atoms with Crippen LogP contribution in [0.3, 0.4) is 0 Å². The molecule has 0 amide bonds. The van der Waals surface area contributed by atoms with E-state index in [0.717, 1.165) is 7.11 Å². The van der Waals surface area contributed by atoms with E-state index in [9.17, 15) is 15.0 Å². The number of carbonyl (C=O) groups is 1. The monoisotopic (exact) mass is 212 g/mol. The molecule has 0 aliphatic carbocycles. The van der Waals surface area contributed by atoms with Gasteiger partial charge in [-0.1, -0.05) is 6.07 Å². The first-order valence-electron chi connectivity index (χ1n) is 4.22. The van der Waals surface area contributed by atoms with Gasteiger partial charge in [0, 0.05) is 11.8 Å². The van der Waals surface area contributed by atoms with Gasteiger partial charge in [0.05, 0.1) is 7.11 Å². The second kappa shape index (κ2) is 4.72. The molecule has 1 heterocycles. The minimum atomic E-state index is -1.67. The van der Waals surface area contributed by atoms with Crippen molar-refractivity contribution in [1.29, 1.82) is 0 Å². The topological polar surface area (TPSA) is 106 Å². The summed E-state index contributed by atoms with van der Waals surface area (Å²) in [5.41, 5.74) is 5.66. The van der Waals surface area contributed by atoms with Crippen molar-refractivity contribution in [3.63, 3.8) is 0 Å². The predicted octanol–water partition coefficient (Wildman–Crippen LogP) is -0.769. The molecule has 0 radical (unpaired) electrons. The predicted molar refractivity (Wildman–Crippen MR) is 51.6 cm³/mol. The van der Waals surface area contributed by atoms with Gasteiger partial charge in [-0.15, -0.1) is 0 Å². The van der Waals surface area contributed by atoms with Gasteiger partial charge in [-0.2, -0.15) is 0 Å². The Morgan fingerprint density at radius 2 is 2.27 bits per heavy atom. The molecule has 0 aliphatic rings. The lowest BCUT2D eigenvalue weighted by Gasteiger charge is -2.16. The molecule has 1 rings (SSSR count). The van der Waals surface area contributed by atoms with E-state index >= 15 is 0 Å². The standard InChI is InChI=1S/C9H12N2O4/c1-15-9(14)7(13)6(12)5-3-2-4-11-8(5)10/h2-4,6-7,12-13H,1H3,(H2,10,11). The van der Waals surface area contributed by atoms with E-state index in [-0.39, 0.29) is 11.4 Å². The zero-order valence-corrected chi connectivity index (χ0v) is 8.12. The molecule has 1 aromatic rings. The van der Waals surface area contributed by atoms with Crippen molar-refractivity contribution in [1.82, 2.24) is 4.98 Å². The van der Waals surface area contributed by atoms with E-state index in [0.29, 0.717) is 0 Å². The van der Waals surface area contributed by atoms with Gasteiger partial charge in [0.25, 0.3) is 0 Å². The van der Waals surface area contributed by atoms with Crippen molar-refractivity contribution in [2.24, 2.45) is 0 Å². The lowest BCUT2D eigenvalue weighted by molar-refractivity contribution is -0.156. The van der Waals surface area contributed by atoms with Crippen LogP contribution < -0.4 is 5.73 Å². The molecule has 4 N–H and O–H groups in total. The number of aromatic nitrogens is 1. The van der Waals surface area contributed by atoms with Crippen molar-refractivity contribution >= 4 is 11.8 Å². The third kappa shape index (κ3) is 2.42. The average molecular weight is 212 g/mol. The summed E-state index contributed by atoms with van der Waals surface area (Å²) >= 11 is 0. The van der Waals surface area contributed by atoms with E-state index in [1.807, 2.05) is 0 Å². The van der Waals surface area contributed by atoms with Gasteiger partial charge in [0.2, 0.25) is 0 Å². The Bertz CT molecular complexity index is 356. The summed E-state index contributed by atoms with van der Waals surface area (Å²) in [4.78, 5) is 14.7. The molecule has 15 heavy (non-hydrogen) atoms. The molecular formula is C9H12N2O4. The molecule has 0 saturated carbocycles. The summed E-state index contributed by atoms with van der Waals surface area (Å²) in [6.45, 7) is 0. The molecule has 0 bridgehead atoms. The lowest BCUT2D eigenvalue weighted by Crippen LogP contribution is -2.29. The van der Waals surface area contributed by atoms with Crippen LogP contribution in [0.2, 0.25) is 0 Å². The van der Waals surface area contributed by atoms with Gasteiger partial charge in [-0.05, 0) is 6.07 Å². The highest BCUT2D eigenvalue weighted by Gasteiger charge is 2.27. The Kier molecular flexibility index (Phi) is 3.59. The van der Waals surface area contributed by atoms with Crippen LogP contribution in [0.1, 0.15) is 11.7 Å². The number of aliphatic hydroxyl groups is 2. The smallest absolute Gasteiger partial charge is 0.337 e. The minimum Gasteiger partial charge on any atom is -0.467 e. The number of nitrogen functional groups attached to an aromatic ring is 1. The summed E-state index contributed by atoms with van der Waals surface area (Å²) in [5.74, 6) is -0.862. The zero-order chi connectivity index (χ0) is 11.4. The number of hydrogen-bond acceptors (Lipinski definition) is 6. The van der Waals surface area contributed by atoms with Crippen molar-refractivity contribution in [2.45, 2.75) is 12.2 Å². The molecule has 1 aromatic heterocycles. The Morgan fingerprint density at radius 1 is 1.60 bits per heavy atom. The van der Waals surface area contributed by atoms with Crippen LogP contribution in [-0.4, -0.2) is 34.4 Å². The fraction of sp³-hybridized carbons (Fsp3) is 0.333. The lowest BCUT2D eigenvalue weighted by atomic mass is 10.1. The Morgan fingerprint density at radius 3 is 2.80 bits per heavy atom. The molecule has 0 spiro atoms. The number of esters is 1. The summed E-state index contributed by atoms with van der Waals surface area (Å²) in [5, 5.41) is 19.0. The number of carbonyl (C=O) groups excluding carboxylic acids is 1. The molecule has 0 fully saturated rings. The maximum Gasteiger partial charge on any atom is 0.337 e. The zero-order valence-electron chi connectivity index (χ0n) is 8.12. The molecule has 82 valence electrons. The molecule has 0 saturated heterocycles. The molecule has 2 unspecified atom stereocenters. The highest BCUT2D eigenvalue weighted by molar-refractivity contribution is 5.75. The maximum absolute atomic E-state index is 10.9. The van der Waals surface area contributed by atoms with Crippen LogP contribution in [0.15, 0.2) is 18.3 Å². The number of aliphatic hydroxyl groups excluding tert-OH is 2. The normalized spacial score (nSPS) is 14.3. The maximum atomic E-state index is 10.9. The molecule has 0 aromatic carbocycles. The van der Waals surface area contributed by atoms with Crippen LogP contribution in [-0.2, 0) is 9.53 Å². The van der Waals surface area contributed by atoms with Gasteiger partial charge < -0.3 is 20.7 Å². The summed E-state index contributed by atoms with van der Waals surface area (Å²) in [6.07, 6.45) is -1.66. The number of nitrogens with two attached hydrogens (primary N) is 1. The van der Waals surface area contributed by atoms with Crippen LogP contribution in [0.4, 0.5) is 5.82 Å². The number of anilines is 1. The van der Waals surface area contributed by atoms with Crippen molar-refractivity contribution in [2.75, 3.05) is 12.8 Å². The molecule has 2 atom stereocenters. The number of methoxy groups -OCH3 is 1. The second-order valence-corrected chi connectivity index (χ2v) is 2.89. The third-order valence-corrected chi connectivity index (χ3v) is 1.93. The Hall–Kier alpha value is -1.66. The largest absolute Gasteiger partial charge is 0.467 e. The first-order valence-corrected chi connectivity index (χ1v) is 4.22. The fourth-order valence-electron chi connectivity index (χ4n) is 1.10. The highest BCUT2D eigenvalue weighted by Crippen LogP contribution is 2.21. The highest BCUT2D eigenvalue weighted by atomic mass is 16.5. The molecule has 6 heteroatoms. The first kappa shape index (κ1) is 11.4. The number of ether oxygens (including phenoxy) is 1. The van der Waals surface area contributed by atoms with Crippen LogP contribution >= 0.6 is 0 Å². The quantitative estimate of drug-likeness (QED) is 0.568. The fourth-order valence-corrected chi connectivity index (χ4v) is 1.10. The van der Waals surface area contributed by atoms with Gasteiger partial charge in [-0.25, -0.2) is 9.78 Å². The second-order valence-electron chi connectivity index (χ2n) is 2.89. The first-order chi connectivity index (χ1) is 7.07. The van der Waals surface area contributed by atoms with Crippen molar-refractivity contribution < 1.29 is 19.7 Å². The number of hydrogen-bond donors (Lipinski definition) is 3. The SMILES string of the molecule is COC(=O)C(O)C(O)c1cccnc1N. The van der Waals surface area contributed by atoms with Crippen LogP contribution in [0.5, 0.6) is 0 Å². The summed E-state index contributed by atoms with van der Waals surface area (Å²) < 4.78 is 4.28. The third-order valence-electron chi connectivity index (χ3n) is 1.93. The number of rotatable bonds is 3. The summed E-state index contributed by atoms with van der Waals surface area (Å²) in [6, 6.07) is 3.01. The van der Waals surface area contributed by atoms with E-state index in [2.05, 4.69) is 9.72 Å². The van der Waals surface area contributed by atoms with Crippen LogP contribution in [0, 0.1) is 0 Å². The molecular weight excluding hydrogens is 200 g/mol. The summed E-state index contributed by atoms with van der Waals surface area (Å²) in [7, 11) is 1.12. The molecule has 0 aliphatic heterocycles. The van der Waals surface area contributed by atoms with Gasteiger partial charge >= 0.3 is 5.97 Å². The van der Waals surface area contributed by atoms with E-state index < -0.39 is 18.2 Å². The van der Waals surface area contributed by atoms with E-state index in [4.69, 9.17) is 5.73 Å². The number of nitrogens with zero attached hydrogens (tertiary/aromatic N) is 1. The van der Waals surface area contributed by atoms with Crippen molar-refractivity contribution in [3.8, 4) is 0 Å². The van der Waals surface area contributed by atoms with Gasteiger partial charge in [0.1, 0.15) is 11.9 Å². The van der Waals surface area contributed by atoms with Gasteiger partial charge in [-0.3, -0.25) is 0 Å². The van der Waals surface area contributed by atoms with Gasteiger partial charge in [0.15, 0.2) is 6.10 Å². The van der Waals surface area contributed by atoms with Crippen molar-refractivity contribution in [3.05, 3.63) is 23.9 Å². The Balaban J connectivity index is 2.89. The molecule has 6 nitrogen and oxygen atoms in total. The minimum absolute atomic E-state index is 0.0629. The van der Waals surface area contributed by atoms with Crippen LogP contribution in [0.25, 0.3) is 0 Å². The van der Waals surface area contributed by atoms with E-state index in [1.165, 1.54) is 12.3 Å². The average Bonchev–Trinajstić information content (AvgIpc) is 2.26. The Labute approximate surface area is 86.3 Å².